The van der Waals surface area contributed by atoms with Crippen LogP contribution in [0.2, 0.25) is 0 Å². The van der Waals surface area contributed by atoms with Crippen LogP contribution in [0.15, 0.2) is 0 Å². The number of rotatable bonds is 4. The van der Waals surface area contributed by atoms with E-state index in [-0.39, 0.29) is 6.09 Å². The highest BCUT2D eigenvalue weighted by Gasteiger charge is 2.33. The Kier molecular flexibility index (Phi) is 5.49. The lowest BCUT2D eigenvalue weighted by atomic mass is 10.0. The van der Waals surface area contributed by atoms with Gasteiger partial charge in [0.2, 0.25) is 0 Å². The second-order valence-corrected chi connectivity index (χ2v) is 7.14. The van der Waals surface area contributed by atoms with Gasteiger partial charge in [-0.2, -0.15) is 0 Å². The third kappa shape index (κ3) is 4.85. The molecule has 122 valence electrons. The maximum atomic E-state index is 12.1. The van der Waals surface area contributed by atoms with Crippen LogP contribution in [-0.4, -0.2) is 54.5 Å². The second-order valence-electron chi connectivity index (χ2n) is 7.14. The van der Waals surface area contributed by atoms with E-state index in [9.17, 15) is 4.79 Å². The van der Waals surface area contributed by atoms with E-state index in [0.717, 1.165) is 45.4 Å². The second kappa shape index (κ2) is 6.97. The summed E-state index contributed by atoms with van der Waals surface area (Å²) in [5, 5.41) is 3.68. The van der Waals surface area contributed by atoms with Crippen molar-refractivity contribution in [3.63, 3.8) is 0 Å². The minimum Gasteiger partial charge on any atom is -0.444 e. The van der Waals surface area contributed by atoms with Crippen LogP contribution in [0.4, 0.5) is 4.79 Å². The Labute approximate surface area is 128 Å². The molecule has 2 saturated heterocycles. The number of amides is 1. The van der Waals surface area contributed by atoms with Crippen LogP contribution in [0, 0.1) is 0 Å². The summed E-state index contributed by atoms with van der Waals surface area (Å²) in [6.45, 7) is 10.3. The van der Waals surface area contributed by atoms with Gasteiger partial charge in [0.1, 0.15) is 5.60 Å². The predicted molar refractivity (Wildman–Crippen MR) is 82.4 cm³/mol. The van der Waals surface area contributed by atoms with Gasteiger partial charge in [0.05, 0.1) is 6.10 Å². The van der Waals surface area contributed by atoms with E-state index in [4.69, 9.17) is 9.47 Å². The number of likely N-dealkylation sites (tertiary alicyclic amines) is 1. The van der Waals surface area contributed by atoms with E-state index in [1.807, 2.05) is 25.7 Å². The standard InChI is InChI=1S/C16H30N2O3/c1-5-13(14-7-6-10-20-14)17-12-8-9-18(11-12)15(19)21-16(2,3)4/h12-14,17H,5-11H2,1-4H3/t12-,13-,14-/m0/s1. The minimum atomic E-state index is -0.424. The van der Waals surface area contributed by atoms with E-state index in [1.54, 1.807) is 0 Å². The summed E-state index contributed by atoms with van der Waals surface area (Å²) in [5.74, 6) is 0. The zero-order valence-corrected chi connectivity index (χ0v) is 13.9. The molecule has 2 fully saturated rings. The third-order valence-corrected chi connectivity index (χ3v) is 4.14. The van der Waals surface area contributed by atoms with Crippen molar-refractivity contribution in [3.8, 4) is 0 Å². The zero-order chi connectivity index (χ0) is 15.5. The van der Waals surface area contributed by atoms with E-state index >= 15 is 0 Å². The SMILES string of the molecule is CC[C@H](N[C@H]1CCN(C(=O)OC(C)(C)C)C1)[C@@H]1CCCO1. The van der Waals surface area contributed by atoms with E-state index in [2.05, 4.69) is 12.2 Å². The molecule has 21 heavy (non-hydrogen) atoms. The maximum absolute atomic E-state index is 12.1. The fourth-order valence-corrected chi connectivity index (χ4v) is 3.10. The topological polar surface area (TPSA) is 50.8 Å². The molecule has 0 aromatic heterocycles. The normalized spacial score (nSPS) is 27.9. The predicted octanol–water partition coefficient (Wildman–Crippen LogP) is 2.54. The Balaban J connectivity index is 1.80. The number of hydrogen-bond donors (Lipinski definition) is 1. The molecule has 0 radical (unpaired) electrons. The Morgan fingerprint density at radius 3 is 2.76 bits per heavy atom. The van der Waals surface area contributed by atoms with E-state index < -0.39 is 5.60 Å². The molecule has 2 aliphatic rings. The largest absolute Gasteiger partial charge is 0.444 e. The molecule has 0 aliphatic carbocycles. The first-order valence-electron chi connectivity index (χ1n) is 8.24. The van der Waals surface area contributed by atoms with Crippen molar-refractivity contribution >= 4 is 6.09 Å². The fraction of sp³-hybridized carbons (Fsp3) is 0.938. The molecule has 2 heterocycles. The molecule has 0 aromatic rings. The molecule has 2 aliphatic heterocycles. The van der Waals surface area contributed by atoms with Crippen molar-refractivity contribution in [2.24, 2.45) is 0 Å². The average molecular weight is 298 g/mol. The van der Waals surface area contributed by atoms with Crippen molar-refractivity contribution in [1.82, 2.24) is 10.2 Å². The lowest BCUT2D eigenvalue weighted by Gasteiger charge is -2.27. The summed E-state index contributed by atoms with van der Waals surface area (Å²) < 4.78 is 11.2. The lowest BCUT2D eigenvalue weighted by Crippen LogP contribution is -2.46. The Morgan fingerprint density at radius 2 is 2.19 bits per heavy atom. The highest BCUT2D eigenvalue weighted by molar-refractivity contribution is 5.68. The van der Waals surface area contributed by atoms with Gasteiger partial charge in [-0.15, -0.1) is 0 Å². The van der Waals surface area contributed by atoms with Gasteiger partial charge in [0.25, 0.3) is 0 Å². The van der Waals surface area contributed by atoms with E-state index in [1.165, 1.54) is 0 Å². The summed E-state index contributed by atoms with van der Waals surface area (Å²) in [6, 6.07) is 0.753. The first-order chi connectivity index (χ1) is 9.89. The molecule has 0 saturated carbocycles. The molecule has 1 N–H and O–H groups in total. The highest BCUT2D eigenvalue weighted by atomic mass is 16.6. The molecular weight excluding hydrogens is 268 g/mol. The van der Waals surface area contributed by atoms with Crippen LogP contribution in [0.1, 0.15) is 53.4 Å². The molecule has 5 heteroatoms. The molecule has 5 nitrogen and oxygen atoms in total. The van der Waals surface area contributed by atoms with Crippen LogP contribution < -0.4 is 5.32 Å². The van der Waals surface area contributed by atoms with Gasteiger partial charge in [0.15, 0.2) is 0 Å². The first kappa shape index (κ1) is 16.6. The van der Waals surface area contributed by atoms with Crippen molar-refractivity contribution in [3.05, 3.63) is 0 Å². The number of nitrogens with zero attached hydrogens (tertiary/aromatic N) is 1. The van der Waals surface area contributed by atoms with Gasteiger partial charge >= 0.3 is 6.09 Å². The van der Waals surface area contributed by atoms with Crippen LogP contribution in [0.5, 0.6) is 0 Å². The van der Waals surface area contributed by atoms with Crippen LogP contribution in [-0.2, 0) is 9.47 Å². The first-order valence-corrected chi connectivity index (χ1v) is 8.24. The van der Waals surface area contributed by atoms with Crippen molar-refractivity contribution in [1.29, 1.82) is 0 Å². The highest BCUT2D eigenvalue weighted by Crippen LogP contribution is 2.20. The lowest BCUT2D eigenvalue weighted by molar-refractivity contribution is 0.0287. The molecule has 0 unspecified atom stereocenters. The smallest absolute Gasteiger partial charge is 0.410 e. The van der Waals surface area contributed by atoms with Crippen LogP contribution in [0.3, 0.4) is 0 Å². The number of hydrogen-bond acceptors (Lipinski definition) is 4. The van der Waals surface area contributed by atoms with Crippen molar-refractivity contribution in [2.75, 3.05) is 19.7 Å². The van der Waals surface area contributed by atoms with Crippen LogP contribution >= 0.6 is 0 Å². The van der Waals surface area contributed by atoms with Gasteiger partial charge in [-0.25, -0.2) is 4.79 Å². The quantitative estimate of drug-likeness (QED) is 0.866. The van der Waals surface area contributed by atoms with Gasteiger partial charge in [0, 0.05) is 31.8 Å². The van der Waals surface area contributed by atoms with Gasteiger partial charge < -0.3 is 19.7 Å². The fourth-order valence-electron chi connectivity index (χ4n) is 3.10. The average Bonchev–Trinajstić information content (AvgIpc) is 3.05. The molecule has 0 spiro atoms. The van der Waals surface area contributed by atoms with Gasteiger partial charge in [-0.3, -0.25) is 0 Å². The molecule has 0 aromatic carbocycles. The maximum Gasteiger partial charge on any atom is 0.410 e. The third-order valence-electron chi connectivity index (χ3n) is 4.14. The zero-order valence-electron chi connectivity index (χ0n) is 13.9. The Bertz CT molecular complexity index is 348. The molecule has 2 rings (SSSR count). The van der Waals surface area contributed by atoms with Crippen molar-refractivity contribution < 1.29 is 14.3 Å². The van der Waals surface area contributed by atoms with Gasteiger partial charge in [-0.1, -0.05) is 6.92 Å². The minimum absolute atomic E-state index is 0.197. The van der Waals surface area contributed by atoms with Gasteiger partial charge in [-0.05, 0) is 46.5 Å². The van der Waals surface area contributed by atoms with Crippen LogP contribution in [0.25, 0.3) is 0 Å². The monoisotopic (exact) mass is 298 g/mol. The van der Waals surface area contributed by atoms with E-state index in [0.29, 0.717) is 18.2 Å². The van der Waals surface area contributed by atoms with Crippen molar-refractivity contribution in [2.45, 2.75) is 77.2 Å². The molecular formula is C16H30N2O3. The Hall–Kier alpha value is -0.810. The summed E-state index contributed by atoms with van der Waals surface area (Å²) in [6.07, 6.45) is 4.50. The number of ether oxygens (including phenoxy) is 2. The number of carbonyl (C=O) groups excluding carboxylic acids is 1. The summed E-state index contributed by atoms with van der Waals surface area (Å²) >= 11 is 0. The Morgan fingerprint density at radius 1 is 1.43 bits per heavy atom. The molecule has 0 bridgehead atoms. The molecule has 1 amide bonds. The summed E-state index contributed by atoms with van der Waals surface area (Å²) in [7, 11) is 0. The number of carbonyl (C=O) groups is 1. The summed E-state index contributed by atoms with van der Waals surface area (Å²) in [4.78, 5) is 13.9. The molecule has 3 atom stereocenters. The summed E-state index contributed by atoms with van der Waals surface area (Å²) in [5.41, 5.74) is -0.424. The number of nitrogens with one attached hydrogen (secondary N) is 1.